The van der Waals surface area contributed by atoms with E-state index in [1.807, 2.05) is 30.3 Å². The summed E-state index contributed by atoms with van der Waals surface area (Å²) >= 11 is 0. The van der Waals surface area contributed by atoms with Gasteiger partial charge >= 0.3 is 0 Å². The number of hydrogen-bond acceptors (Lipinski definition) is 3. The summed E-state index contributed by atoms with van der Waals surface area (Å²) in [6.07, 6.45) is 4.70. The molecule has 0 aliphatic heterocycles. The summed E-state index contributed by atoms with van der Waals surface area (Å²) in [6, 6.07) is 16.0. The highest BCUT2D eigenvalue weighted by molar-refractivity contribution is 6.04. The van der Waals surface area contributed by atoms with Gasteiger partial charge in [0.2, 0.25) is 0 Å². The lowest BCUT2D eigenvalue weighted by molar-refractivity contribution is 0.102. The molecule has 0 unspecified atom stereocenters. The van der Waals surface area contributed by atoms with Gasteiger partial charge in [-0.1, -0.05) is 32.3 Å². The van der Waals surface area contributed by atoms with Crippen LogP contribution in [-0.4, -0.2) is 12.5 Å². The molecule has 1 amide bonds. The first-order valence-corrected chi connectivity index (χ1v) is 8.27. The smallest absolute Gasteiger partial charge is 0.255 e. The Bertz CT molecular complexity index is 702. The Hall–Kier alpha value is -2.80. The minimum absolute atomic E-state index is 0.236. The van der Waals surface area contributed by atoms with Gasteiger partial charge in [0.15, 0.2) is 0 Å². The number of amides is 1. The lowest BCUT2D eigenvalue weighted by atomic mass is 10.1. The van der Waals surface area contributed by atoms with Gasteiger partial charge in [-0.15, -0.1) is 0 Å². The Kier molecular flexibility index (Phi) is 6.85. The number of ether oxygens (including phenoxy) is 1. The van der Waals surface area contributed by atoms with Crippen molar-refractivity contribution in [1.82, 2.24) is 0 Å². The number of carbonyl (C=O) groups excluding carboxylic acids is 1. The molecule has 0 saturated heterocycles. The molecule has 0 aromatic heterocycles. The fourth-order valence-corrected chi connectivity index (χ4v) is 2.29. The number of nitriles is 1. The van der Waals surface area contributed by atoms with Gasteiger partial charge < -0.3 is 10.1 Å². The highest BCUT2D eigenvalue weighted by Crippen LogP contribution is 2.17. The van der Waals surface area contributed by atoms with Crippen molar-refractivity contribution >= 4 is 11.6 Å². The van der Waals surface area contributed by atoms with Gasteiger partial charge in [0.05, 0.1) is 18.2 Å². The third-order valence-corrected chi connectivity index (χ3v) is 3.63. The van der Waals surface area contributed by atoms with E-state index in [1.54, 1.807) is 24.3 Å². The van der Waals surface area contributed by atoms with Crippen LogP contribution < -0.4 is 10.1 Å². The lowest BCUT2D eigenvalue weighted by Crippen LogP contribution is -2.11. The van der Waals surface area contributed by atoms with Gasteiger partial charge in [-0.25, -0.2) is 0 Å². The van der Waals surface area contributed by atoms with Crippen LogP contribution in [0, 0.1) is 11.3 Å². The molecular formula is C20H22N2O2. The van der Waals surface area contributed by atoms with E-state index in [9.17, 15) is 4.79 Å². The molecule has 0 atom stereocenters. The zero-order valence-electron chi connectivity index (χ0n) is 13.9. The van der Waals surface area contributed by atoms with E-state index in [2.05, 4.69) is 12.2 Å². The molecule has 0 heterocycles. The molecule has 0 aliphatic carbocycles. The maximum atomic E-state index is 12.2. The fourth-order valence-electron chi connectivity index (χ4n) is 2.29. The van der Waals surface area contributed by atoms with Gasteiger partial charge in [-0.3, -0.25) is 4.79 Å². The zero-order chi connectivity index (χ0) is 17.2. The lowest BCUT2D eigenvalue weighted by Gasteiger charge is -2.08. The summed E-state index contributed by atoms with van der Waals surface area (Å²) in [5.41, 5.74) is 1.63. The predicted molar refractivity (Wildman–Crippen MR) is 95.2 cm³/mol. The highest BCUT2D eigenvalue weighted by atomic mass is 16.5. The molecule has 0 radical (unpaired) electrons. The van der Waals surface area contributed by atoms with Crippen molar-refractivity contribution in [1.29, 1.82) is 5.26 Å². The number of rotatable bonds is 8. The van der Waals surface area contributed by atoms with Crippen LogP contribution in [0.15, 0.2) is 48.5 Å². The Balaban J connectivity index is 1.87. The number of nitrogens with zero attached hydrogens (tertiary/aromatic N) is 1. The zero-order valence-corrected chi connectivity index (χ0v) is 13.9. The Morgan fingerprint density at radius 3 is 2.62 bits per heavy atom. The van der Waals surface area contributed by atoms with E-state index < -0.39 is 0 Å². The second-order valence-corrected chi connectivity index (χ2v) is 5.58. The molecule has 0 saturated carbocycles. The Labute approximate surface area is 143 Å². The molecule has 0 bridgehead atoms. The van der Waals surface area contributed by atoms with Gasteiger partial charge in [-0.2, -0.15) is 5.26 Å². The van der Waals surface area contributed by atoms with E-state index in [4.69, 9.17) is 10.00 Å². The third kappa shape index (κ3) is 5.44. The normalized spacial score (nSPS) is 10.0. The minimum atomic E-state index is -0.236. The van der Waals surface area contributed by atoms with Gasteiger partial charge in [0.1, 0.15) is 5.75 Å². The molecule has 4 nitrogen and oxygen atoms in total. The topological polar surface area (TPSA) is 62.1 Å². The van der Waals surface area contributed by atoms with E-state index in [-0.39, 0.29) is 5.91 Å². The van der Waals surface area contributed by atoms with Crippen LogP contribution in [0.5, 0.6) is 5.75 Å². The van der Waals surface area contributed by atoms with E-state index in [0.29, 0.717) is 23.4 Å². The summed E-state index contributed by atoms with van der Waals surface area (Å²) in [4.78, 5) is 12.2. The number of nitrogens with one attached hydrogen (secondary N) is 1. The summed E-state index contributed by atoms with van der Waals surface area (Å²) in [6.45, 7) is 2.90. The largest absolute Gasteiger partial charge is 0.494 e. The Morgan fingerprint density at radius 1 is 1.12 bits per heavy atom. The molecule has 124 valence electrons. The molecule has 4 heteroatoms. The molecule has 2 aromatic rings. The molecule has 2 rings (SSSR count). The summed E-state index contributed by atoms with van der Waals surface area (Å²) in [5, 5.41) is 11.7. The van der Waals surface area contributed by atoms with Crippen molar-refractivity contribution in [2.24, 2.45) is 0 Å². The van der Waals surface area contributed by atoms with Crippen LogP contribution in [0.4, 0.5) is 5.69 Å². The first-order valence-electron chi connectivity index (χ1n) is 8.27. The van der Waals surface area contributed by atoms with Crippen molar-refractivity contribution in [2.75, 3.05) is 11.9 Å². The minimum Gasteiger partial charge on any atom is -0.494 e. The number of hydrogen-bond donors (Lipinski definition) is 1. The number of anilines is 1. The molecule has 0 spiro atoms. The maximum absolute atomic E-state index is 12.2. The van der Waals surface area contributed by atoms with E-state index >= 15 is 0 Å². The quantitative estimate of drug-likeness (QED) is 0.712. The number of benzene rings is 2. The van der Waals surface area contributed by atoms with Gasteiger partial charge in [0, 0.05) is 11.3 Å². The van der Waals surface area contributed by atoms with Crippen LogP contribution in [-0.2, 0) is 0 Å². The average Bonchev–Trinajstić information content (AvgIpc) is 2.63. The molecule has 1 N–H and O–H groups in total. The summed E-state index contributed by atoms with van der Waals surface area (Å²) in [5.74, 6) is 0.566. The number of unbranched alkanes of at least 4 members (excludes halogenated alkanes) is 3. The third-order valence-electron chi connectivity index (χ3n) is 3.63. The first-order chi connectivity index (χ1) is 11.7. The summed E-state index contributed by atoms with van der Waals surface area (Å²) in [7, 11) is 0. The van der Waals surface area contributed by atoms with Crippen molar-refractivity contribution in [3.8, 4) is 11.8 Å². The Morgan fingerprint density at radius 2 is 1.92 bits per heavy atom. The second-order valence-electron chi connectivity index (χ2n) is 5.58. The van der Waals surface area contributed by atoms with E-state index in [0.717, 1.165) is 12.2 Å². The van der Waals surface area contributed by atoms with Crippen LogP contribution >= 0.6 is 0 Å². The van der Waals surface area contributed by atoms with Crippen molar-refractivity contribution in [3.05, 3.63) is 59.7 Å². The molecule has 2 aromatic carbocycles. The van der Waals surface area contributed by atoms with Crippen molar-refractivity contribution < 1.29 is 9.53 Å². The predicted octanol–water partition coefficient (Wildman–Crippen LogP) is 4.77. The fraction of sp³-hybridized carbons (Fsp3) is 0.300. The standard InChI is InChI=1S/C20H22N2O2/c1-2-3-4-5-13-24-19-11-9-18(10-12-19)22-20(23)17-8-6-7-16(14-17)15-21/h6-12,14H,2-5,13H2,1H3,(H,22,23). The van der Waals surface area contributed by atoms with Crippen LogP contribution in [0.2, 0.25) is 0 Å². The highest BCUT2D eigenvalue weighted by Gasteiger charge is 2.07. The monoisotopic (exact) mass is 322 g/mol. The summed E-state index contributed by atoms with van der Waals surface area (Å²) < 4.78 is 5.68. The van der Waals surface area contributed by atoms with Gasteiger partial charge in [-0.05, 0) is 48.9 Å². The second kappa shape index (κ2) is 9.36. The molecular weight excluding hydrogens is 300 g/mol. The van der Waals surface area contributed by atoms with Crippen molar-refractivity contribution in [3.63, 3.8) is 0 Å². The van der Waals surface area contributed by atoms with E-state index in [1.165, 1.54) is 19.3 Å². The molecule has 0 aliphatic rings. The first kappa shape index (κ1) is 17.6. The average molecular weight is 322 g/mol. The van der Waals surface area contributed by atoms with Crippen LogP contribution in [0.1, 0.15) is 48.5 Å². The number of carbonyl (C=O) groups is 1. The van der Waals surface area contributed by atoms with Crippen LogP contribution in [0.25, 0.3) is 0 Å². The SMILES string of the molecule is CCCCCCOc1ccc(NC(=O)c2cccc(C#N)c2)cc1. The molecule has 0 fully saturated rings. The maximum Gasteiger partial charge on any atom is 0.255 e. The van der Waals surface area contributed by atoms with Gasteiger partial charge in [0.25, 0.3) is 5.91 Å². The van der Waals surface area contributed by atoms with Crippen LogP contribution in [0.3, 0.4) is 0 Å². The molecule has 24 heavy (non-hydrogen) atoms. The van der Waals surface area contributed by atoms with Crippen molar-refractivity contribution in [2.45, 2.75) is 32.6 Å².